The molecule has 0 spiro atoms. The molecule has 0 amide bonds. The van der Waals surface area contributed by atoms with Gasteiger partial charge in [-0.3, -0.25) is 0 Å². The number of hydrogen-bond donors (Lipinski definition) is 1. The van der Waals surface area contributed by atoms with Crippen molar-refractivity contribution in [2.45, 2.75) is 33.3 Å². The summed E-state index contributed by atoms with van der Waals surface area (Å²) in [6, 6.07) is 4.88. The largest absolute Gasteiger partial charge is 0.493 e. The van der Waals surface area contributed by atoms with Crippen molar-refractivity contribution in [1.29, 1.82) is 0 Å². The summed E-state index contributed by atoms with van der Waals surface area (Å²) in [6.07, 6.45) is 3.82. The zero-order chi connectivity index (χ0) is 18.1. The van der Waals surface area contributed by atoms with Gasteiger partial charge >= 0.3 is 5.97 Å². The summed E-state index contributed by atoms with van der Waals surface area (Å²) in [6.45, 7) is 6.20. The topological polar surface area (TPSA) is 65.0 Å². The highest BCUT2D eigenvalue weighted by Crippen LogP contribution is 2.28. The van der Waals surface area contributed by atoms with Crippen molar-refractivity contribution in [1.82, 2.24) is 0 Å². The fourth-order valence-electron chi connectivity index (χ4n) is 2.16. The monoisotopic (exact) mass is 334 g/mol. The van der Waals surface area contributed by atoms with Gasteiger partial charge in [0.25, 0.3) is 0 Å². The fraction of sp³-hybridized carbons (Fsp3) is 0.421. The molecule has 0 heterocycles. The van der Waals surface area contributed by atoms with Crippen LogP contribution >= 0.6 is 0 Å². The third kappa shape index (κ3) is 6.46. The molecule has 0 aliphatic heterocycles. The molecule has 0 aliphatic rings. The molecule has 0 saturated heterocycles. The Labute approximate surface area is 143 Å². The molecule has 1 aromatic carbocycles. The van der Waals surface area contributed by atoms with Crippen LogP contribution in [0.5, 0.6) is 11.5 Å². The molecule has 1 aromatic rings. The van der Waals surface area contributed by atoms with Crippen LogP contribution in [0.3, 0.4) is 0 Å². The first-order valence-corrected chi connectivity index (χ1v) is 7.75. The van der Waals surface area contributed by atoms with Gasteiger partial charge in [-0.25, -0.2) is 4.79 Å². The van der Waals surface area contributed by atoms with Crippen LogP contribution in [-0.4, -0.2) is 38.0 Å². The standard InChI is InChI=1S/C19H26O5/c1-13(2)10-16(20)11-14(3)8-9-24-17-7-6-15(19(21)23-5)12-18(17)22-4/h6-8,10,12,16,20H,9,11H2,1-5H3/b14-8+. The lowest BCUT2D eigenvalue weighted by molar-refractivity contribution is 0.0600. The summed E-state index contributed by atoms with van der Waals surface area (Å²) < 4.78 is 15.6. The highest BCUT2D eigenvalue weighted by molar-refractivity contribution is 5.90. The molecule has 1 N–H and O–H groups in total. The average molecular weight is 334 g/mol. The van der Waals surface area contributed by atoms with Crippen molar-refractivity contribution in [3.8, 4) is 11.5 Å². The average Bonchev–Trinajstić information content (AvgIpc) is 2.53. The van der Waals surface area contributed by atoms with Crippen molar-refractivity contribution in [3.05, 3.63) is 47.1 Å². The molecular formula is C19H26O5. The van der Waals surface area contributed by atoms with Gasteiger partial charge in [-0.15, -0.1) is 0 Å². The molecule has 132 valence electrons. The minimum atomic E-state index is -0.486. The Hall–Kier alpha value is -2.27. The van der Waals surface area contributed by atoms with E-state index in [2.05, 4.69) is 4.74 Å². The lowest BCUT2D eigenvalue weighted by Crippen LogP contribution is -2.05. The van der Waals surface area contributed by atoms with Gasteiger partial charge in [0.05, 0.1) is 25.9 Å². The minimum absolute atomic E-state index is 0.349. The Bertz CT molecular complexity index is 612. The van der Waals surface area contributed by atoms with E-state index >= 15 is 0 Å². The zero-order valence-corrected chi connectivity index (χ0v) is 15.0. The van der Waals surface area contributed by atoms with E-state index < -0.39 is 12.1 Å². The highest BCUT2D eigenvalue weighted by atomic mass is 16.5. The van der Waals surface area contributed by atoms with Gasteiger partial charge in [-0.1, -0.05) is 17.2 Å². The van der Waals surface area contributed by atoms with Gasteiger partial charge in [-0.05, 0) is 51.5 Å². The summed E-state index contributed by atoms with van der Waals surface area (Å²) >= 11 is 0. The molecule has 0 fully saturated rings. The van der Waals surface area contributed by atoms with Crippen molar-refractivity contribution in [2.75, 3.05) is 20.8 Å². The first-order chi connectivity index (χ1) is 11.4. The number of allylic oxidation sites excluding steroid dienone is 1. The maximum atomic E-state index is 11.5. The molecular weight excluding hydrogens is 308 g/mol. The predicted molar refractivity (Wildman–Crippen MR) is 93.6 cm³/mol. The molecule has 1 unspecified atom stereocenters. The van der Waals surface area contributed by atoms with Gasteiger partial charge in [-0.2, -0.15) is 0 Å². The summed E-state index contributed by atoms with van der Waals surface area (Å²) in [4.78, 5) is 11.5. The number of rotatable bonds is 8. The lowest BCUT2D eigenvalue weighted by atomic mass is 10.1. The van der Waals surface area contributed by atoms with Gasteiger partial charge in [0.15, 0.2) is 11.5 Å². The maximum absolute atomic E-state index is 11.5. The maximum Gasteiger partial charge on any atom is 0.337 e. The molecule has 5 heteroatoms. The second-order valence-electron chi connectivity index (χ2n) is 5.73. The number of carbonyl (C=O) groups is 1. The van der Waals surface area contributed by atoms with Crippen LogP contribution in [-0.2, 0) is 4.74 Å². The minimum Gasteiger partial charge on any atom is -0.493 e. The van der Waals surface area contributed by atoms with Crippen molar-refractivity contribution < 1.29 is 24.1 Å². The van der Waals surface area contributed by atoms with Crippen LogP contribution in [0.1, 0.15) is 37.6 Å². The number of ether oxygens (including phenoxy) is 3. The fourth-order valence-corrected chi connectivity index (χ4v) is 2.16. The van der Waals surface area contributed by atoms with Crippen LogP contribution in [0.2, 0.25) is 0 Å². The third-order valence-corrected chi connectivity index (χ3v) is 3.31. The van der Waals surface area contributed by atoms with Crippen LogP contribution in [0.15, 0.2) is 41.5 Å². The van der Waals surface area contributed by atoms with Crippen LogP contribution in [0, 0.1) is 0 Å². The third-order valence-electron chi connectivity index (χ3n) is 3.31. The van der Waals surface area contributed by atoms with E-state index in [0.29, 0.717) is 30.1 Å². The molecule has 1 rings (SSSR count). The molecule has 5 nitrogen and oxygen atoms in total. The molecule has 24 heavy (non-hydrogen) atoms. The second-order valence-corrected chi connectivity index (χ2v) is 5.73. The molecule has 0 aliphatic carbocycles. The summed E-state index contributed by atoms with van der Waals surface area (Å²) in [5.74, 6) is 0.580. The Morgan fingerprint density at radius 1 is 1.21 bits per heavy atom. The number of aliphatic hydroxyl groups excluding tert-OH is 1. The van der Waals surface area contributed by atoms with E-state index in [9.17, 15) is 9.90 Å². The SMILES string of the molecule is COC(=O)c1ccc(OC/C=C(\C)CC(O)C=C(C)C)c(OC)c1. The second kappa shape index (κ2) is 9.78. The smallest absolute Gasteiger partial charge is 0.337 e. The van der Waals surface area contributed by atoms with Crippen molar-refractivity contribution in [2.24, 2.45) is 0 Å². The van der Waals surface area contributed by atoms with E-state index in [0.717, 1.165) is 11.1 Å². The highest BCUT2D eigenvalue weighted by Gasteiger charge is 2.11. The van der Waals surface area contributed by atoms with E-state index in [-0.39, 0.29) is 0 Å². The van der Waals surface area contributed by atoms with E-state index in [1.165, 1.54) is 14.2 Å². The number of aliphatic hydroxyl groups is 1. The number of esters is 1. The summed E-state index contributed by atoms with van der Waals surface area (Å²) in [5, 5.41) is 9.87. The van der Waals surface area contributed by atoms with E-state index in [4.69, 9.17) is 9.47 Å². The first-order valence-electron chi connectivity index (χ1n) is 7.75. The Kier molecular flexibility index (Phi) is 8.06. The van der Waals surface area contributed by atoms with Gasteiger partial charge in [0, 0.05) is 0 Å². The quantitative estimate of drug-likeness (QED) is 0.582. The Balaban J connectivity index is 2.68. The molecule has 0 bridgehead atoms. The first kappa shape index (κ1) is 19.8. The number of benzene rings is 1. The van der Waals surface area contributed by atoms with Gasteiger partial charge in [0.1, 0.15) is 6.61 Å². The molecule has 0 radical (unpaired) electrons. The molecule has 0 aromatic heterocycles. The lowest BCUT2D eigenvalue weighted by Gasteiger charge is -2.11. The van der Waals surface area contributed by atoms with E-state index in [1.807, 2.05) is 32.9 Å². The van der Waals surface area contributed by atoms with Crippen LogP contribution in [0.4, 0.5) is 0 Å². The van der Waals surface area contributed by atoms with E-state index in [1.54, 1.807) is 18.2 Å². The number of carbonyl (C=O) groups excluding carboxylic acids is 1. The van der Waals surface area contributed by atoms with Crippen molar-refractivity contribution >= 4 is 5.97 Å². The molecule has 1 atom stereocenters. The van der Waals surface area contributed by atoms with Crippen LogP contribution in [0.25, 0.3) is 0 Å². The van der Waals surface area contributed by atoms with Gasteiger partial charge < -0.3 is 19.3 Å². The normalized spacial score (nSPS) is 12.3. The number of methoxy groups -OCH3 is 2. The Morgan fingerprint density at radius 2 is 1.92 bits per heavy atom. The Morgan fingerprint density at radius 3 is 2.50 bits per heavy atom. The van der Waals surface area contributed by atoms with Gasteiger partial charge in [0.2, 0.25) is 0 Å². The predicted octanol–water partition coefficient (Wildman–Crippen LogP) is 3.52. The zero-order valence-electron chi connectivity index (χ0n) is 15.0. The summed E-state index contributed by atoms with van der Waals surface area (Å²) in [7, 11) is 2.84. The number of hydrogen-bond acceptors (Lipinski definition) is 5. The summed E-state index contributed by atoms with van der Waals surface area (Å²) in [5.41, 5.74) is 2.52. The van der Waals surface area contributed by atoms with Crippen LogP contribution < -0.4 is 9.47 Å². The van der Waals surface area contributed by atoms with Crippen molar-refractivity contribution in [3.63, 3.8) is 0 Å². The molecule has 0 saturated carbocycles.